The van der Waals surface area contributed by atoms with Crippen LogP contribution in [0.25, 0.3) is 0 Å². The molecular formula is C17H26N4. The maximum Gasteiger partial charge on any atom is 0.150 e. The fraction of sp³-hybridized carbons (Fsp3) is 0.824. The summed E-state index contributed by atoms with van der Waals surface area (Å²) in [5, 5.41) is 8.06. The van der Waals surface area contributed by atoms with Crippen LogP contribution in [0.3, 0.4) is 0 Å². The van der Waals surface area contributed by atoms with Gasteiger partial charge in [-0.3, -0.25) is 5.10 Å². The Balaban J connectivity index is 1.44. The van der Waals surface area contributed by atoms with Gasteiger partial charge in [0.25, 0.3) is 0 Å². The first-order valence-corrected chi connectivity index (χ1v) is 8.77. The molecule has 4 aliphatic carbocycles. The molecule has 114 valence electrons. The van der Waals surface area contributed by atoms with Crippen molar-refractivity contribution in [2.24, 2.45) is 23.5 Å². The van der Waals surface area contributed by atoms with E-state index in [0.717, 1.165) is 43.1 Å². The summed E-state index contributed by atoms with van der Waals surface area (Å²) in [7, 11) is 0. The van der Waals surface area contributed by atoms with Crippen LogP contribution in [-0.4, -0.2) is 29.3 Å². The van der Waals surface area contributed by atoms with Gasteiger partial charge in [-0.1, -0.05) is 0 Å². The van der Waals surface area contributed by atoms with Crippen LogP contribution >= 0.6 is 0 Å². The summed E-state index contributed by atoms with van der Waals surface area (Å²) in [6.07, 6.45) is 9.81. The standard InChI is InChI=1S/C17H26N4/c18-14-1-2-21(10-14)16-6-15(19-20-16)17-7-11-3-12(8-17)5-13(4-11)9-17/h6,11-14H,1-5,7-10,18H2,(H,19,20). The predicted molar refractivity (Wildman–Crippen MR) is 83.2 cm³/mol. The summed E-state index contributed by atoms with van der Waals surface area (Å²) < 4.78 is 0. The van der Waals surface area contributed by atoms with E-state index in [2.05, 4.69) is 21.2 Å². The fourth-order valence-corrected chi connectivity index (χ4v) is 6.18. The van der Waals surface area contributed by atoms with Gasteiger partial charge in [0.15, 0.2) is 5.82 Å². The number of aromatic amines is 1. The van der Waals surface area contributed by atoms with Crippen LogP contribution in [0.15, 0.2) is 6.07 Å². The van der Waals surface area contributed by atoms with Crippen LogP contribution in [0.2, 0.25) is 0 Å². The van der Waals surface area contributed by atoms with Crippen LogP contribution in [0.5, 0.6) is 0 Å². The topological polar surface area (TPSA) is 57.9 Å². The van der Waals surface area contributed by atoms with E-state index in [-0.39, 0.29) is 0 Å². The van der Waals surface area contributed by atoms with Gasteiger partial charge in [0.2, 0.25) is 0 Å². The van der Waals surface area contributed by atoms with Gasteiger partial charge in [0.1, 0.15) is 0 Å². The number of anilines is 1. The van der Waals surface area contributed by atoms with Crippen molar-refractivity contribution in [3.05, 3.63) is 11.8 Å². The number of rotatable bonds is 2. The van der Waals surface area contributed by atoms with Gasteiger partial charge in [-0.15, -0.1) is 0 Å². The van der Waals surface area contributed by atoms with Crippen LogP contribution in [-0.2, 0) is 5.41 Å². The molecule has 1 aromatic rings. The fourth-order valence-electron chi connectivity index (χ4n) is 6.18. The first-order chi connectivity index (χ1) is 10.2. The number of nitrogens with zero attached hydrogens (tertiary/aromatic N) is 2. The highest BCUT2D eigenvalue weighted by atomic mass is 15.3. The van der Waals surface area contributed by atoms with Crippen molar-refractivity contribution in [1.82, 2.24) is 10.2 Å². The Morgan fingerprint density at radius 1 is 1.14 bits per heavy atom. The second-order valence-electron chi connectivity index (χ2n) is 8.33. The van der Waals surface area contributed by atoms with E-state index < -0.39 is 0 Å². The molecule has 1 aliphatic heterocycles. The van der Waals surface area contributed by atoms with E-state index in [1.807, 2.05) is 0 Å². The Morgan fingerprint density at radius 3 is 2.38 bits per heavy atom. The molecule has 21 heavy (non-hydrogen) atoms. The molecule has 6 rings (SSSR count). The van der Waals surface area contributed by atoms with Crippen LogP contribution in [0.1, 0.15) is 50.6 Å². The second kappa shape index (κ2) is 4.25. The zero-order valence-electron chi connectivity index (χ0n) is 12.7. The quantitative estimate of drug-likeness (QED) is 0.878. The van der Waals surface area contributed by atoms with Crippen molar-refractivity contribution in [3.8, 4) is 0 Å². The minimum absolute atomic E-state index is 0.324. The van der Waals surface area contributed by atoms with Crippen molar-refractivity contribution in [3.63, 3.8) is 0 Å². The van der Waals surface area contributed by atoms with E-state index in [1.165, 1.54) is 44.2 Å². The largest absolute Gasteiger partial charge is 0.354 e. The lowest BCUT2D eigenvalue weighted by Gasteiger charge is -2.56. The molecule has 1 aromatic heterocycles. The number of nitrogens with one attached hydrogen (secondary N) is 1. The minimum atomic E-state index is 0.324. The normalized spacial score (nSPS) is 44.7. The molecule has 1 saturated heterocycles. The monoisotopic (exact) mass is 286 g/mol. The minimum Gasteiger partial charge on any atom is -0.354 e. The Bertz CT molecular complexity index is 513. The molecule has 5 fully saturated rings. The van der Waals surface area contributed by atoms with E-state index in [4.69, 9.17) is 5.73 Å². The molecule has 4 nitrogen and oxygen atoms in total. The smallest absolute Gasteiger partial charge is 0.150 e. The lowest BCUT2D eigenvalue weighted by atomic mass is 9.49. The summed E-state index contributed by atoms with van der Waals surface area (Å²) >= 11 is 0. The molecule has 4 heteroatoms. The van der Waals surface area contributed by atoms with Crippen molar-refractivity contribution >= 4 is 5.82 Å². The molecule has 4 bridgehead atoms. The Morgan fingerprint density at radius 2 is 1.81 bits per heavy atom. The molecule has 3 N–H and O–H groups in total. The number of hydrogen-bond acceptors (Lipinski definition) is 3. The predicted octanol–water partition coefficient (Wildman–Crippen LogP) is 2.41. The van der Waals surface area contributed by atoms with Gasteiger partial charge in [0, 0.05) is 36.3 Å². The molecular weight excluding hydrogens is 260 g/mol. The van der Waals surface area contributed by atoms with E-state index >= 15 is 0 Å². The molecule has 0 amide bonds. The Hall–Kier alpha value is -1.03. The highest BCUT2D eigenvalue weighted by Crippen LogP contribution is 2.60. The zero-order chi connectivity index (χ0) is 14.0. The van der Waals surface area contributed by atoms with Crippen LogP contribution in [0, 0.1) is 17.8 Å². The molecule has 2 heterocycles. The van der Waals surface area contributed by atoms with Gasteiger partial charge in [-0.2, -0.15) is 5.10 Å². The third kappa shape index (κ3) is 1.88. The number of hydrogen-bond donors (Lipinski definition) is 2. The lowest BCUT2D eigenvalue weighted by molar-refractivity contribution is -0.00721. The maximum atomic E-state index is 6.04. The highest BCUT2D eigenvalue weighted by Gasteiger charge is 2.52. The molecule has 5 aliphatic rings. The molecule has 0 aromatic carbocycles. The van der Waals surface area contributed by atoms with Gasteiger partial charge in [0.05, 0.1) is 0 Å². The number of nitrogens with two attached hydrogens (primary N) is 1. The molecule has 0 spiro atoms. The van der Waals surface area contributed by atoms with E-state index in [1.54, 1.807) is 0 Å². The van der Waals surface area contributed by atoms with Gasteiger partial charge >= 0.3 is 0 Å². The van der Waals surface area contributed by atoms with Gasteiger partial charge < -0.3 is 10.6 Å². The summed E-state index contributed by atoms with van der Waals surface area (Å²) in [5.74, 6) is 4.10. The first-order valence-electron chi connectivity index (χ1n) is 8.77. The third-order valence-corrected chi connectivity index (χ3v) is 6.72. The number of aromatic nitrogens is 2. The molecule has 0 radical (unpaired) electrons. The third-order valence-electron chi connectivity index (χ3n) is 6.72. The van der Waals surface area contributed by atoms with Crippen molar-refractivity contribution in [2.75, 3.05) is 18.0 Å². The van der Waals surface area contributed by atoms with Crippen LogP contribution < -0.4 is 10.6 Å². The van der Waals surface area contributed by atoms with Crippen molar-refractivity contribution in [1.29, 1.82) is 0 Å². The Kier molecular flexibility index (Phi) is 2.53. The van der Waals surface area contributed by atoms with Crippen LogP contribution in [0.4, 0.5) is 5.82 Å². The van der Waals surface area contributed by atoms with Crippen molar-refractivity contribution in [2.45, 2.75) is 56.4 Å². The van der Waals surface area contributed by atoms with Gasteiger partial charge in [-0.25, -0.2) is 0 Å². The average molecular weight is 286 g/mol. The SMILES string of the molecule is NC1CCN(c2cc(C34CC5CC(CC(C5)C3)C4)[nH]n2)C1. The van der Waals surface area contributed by atoms with E-state index in [9.17, 15) is 0 Å². The lowest BCUT2D eigenvalue weighted by Crippen LogP contribution is -2.48. The summed E-state index contributed by atoms with van der Waals surface area (Å²) in [6.45, 7) is 2.03. The van der Waals surface area contributed by atoms with Crippen molar-refractivity contribution < 1.29 is 0 Å². The summed E-state index contributed by atoms with van der Waals surface area (Å²) in [5.41, 5.74) is 7.90. The maximum absolute atomic E-state index is 6.04. The van der Waals surface area contributed by atoms with E-state index in [0.29, 0.717) is 11.5 Å². The summed E-state index contributed by atoms with van der Waals surface area (Å²) in [4.78, 5) is 2.35. The number of H-pyrrole nitrogens is 1. The summed E-state index contributed by atoms with van der Waals surface area (Å²) in [6, 6.07) is 2.68. The first kappa shape index (κ1) is 12.5. The Labute approximate surface area is 126 Å². The highest BCUT2D eigenvalue weighted by molar-refractivity contribution is 5.43. The average Bonchev–Trinajstić information content (AvgIpc) is 3.05. The molecule has 1 atom stereocenters. The van der Waals surface area contributed by atoms with Gasteiger partial charge in [-0.05, 0) is 62.7 Å². The second-order valence-corrected chi connectivity index (χ2v) is 8.33. The molecule has 4 saturated carbocycles. The molecule has 1 unspecified atom stereocenters. The zero-order valence-corrected chi connectivity index (χ0v) is 12.7.